The molecule has 1 aromatic carbocycles. The monoisotopic (exact) mass is 737 g/mol. The molecule has 3 amide bonds. The van der Waals surface area contributed by atoms with Gasteiger partial charge in [-0.15, -0.1) is 11.3 Å². The largest absolute Gasteiger partial charge is 0.493 e. The predicted octanol–water partition coefficient (Wildman–Crippen LogP) is 3.81. The van der Waals surface area contributed by atoms with Crippen LogP contribution in [0.2, 0.25) is 0 Å². The van der Waals surface area contributed by atoms with Gasteiger partial charge < -0.3 is 34.1 Å². The first-order chi connectivity index (χ1) is 24.5. The quantitative estimate of drug-likeness (QED) is 0.105. The van der Waals surface area contributed by atoms with Gasteiger partial charge in [0.25, 0.3) is 17.0 Å². The van der Waals surface area contributed by atoms with Crippen LogP contribution in [0.4, 0.5) is 10.8 Å². The van der Waals surface area contributed by atoms with Crippen molar-refractivity contribution in [1.29, 1.82) is 0 Å². The van der Waals surface area contributed by atoms with Crippen molar-refractivity contribution in [2.24, 2.45) is 4.99 Å². The van der Waals surface area contributed by atoms with Crippen molar-refractivity contribution < 1.29 is 42.9 Å². The molecule has 268 valence electrons. The van der Waals surface area contributed by atoms with E-state index in [4.69, 9.17) is 14.2 Å². The number of amides is 3. The molecule has 1 fully saturated rings. The molecule has 1 unspecified atom stereocenters. The molecule has 2 aromatic heterocycles. The number of nitrogens with zero attached hydrogens (tertiary/aromatic N) is 5. The van der Waals surface area contributed by atoms with E-state index in [9.17, 15) is 24.0 Å². The van der Waals surface area contributed by atoms with Gasteiger partial charge in [0.15, 0.2) is 28.0 Å². The van der Waals surface area contributed by atoms with E-state index in [0.717, 1.165) is 35.5 Å². The second-order valence-corrected chi connectivity index (χ2v) is 13.0. The first-order valence-electron chi connectivity index (χ1n) is 15.6. The number of anilines is 1. The van der Waals surface area contributed by atoms with Crippen molar-refractivity contribution in [3.8, 4) is 16.7 Å². The van der Waals surface area contributed by atoms with E-state index in [1.54, 1.807) is 32.4 Å². The lowest BCUT2D eigenvalue weighted by Gasteiger charge is -2.20. The van der Waals surface area contributed by atoms with Crippen LogP contribution in [0.1, 0.15) is 57.0 Å². The van der Waals surface area contributed by atoms with E-state index in [1.807, 2.05) is 4.90 Å². The number of hydrogen-bond acceptors (Lipinski definition) is 15. The smallest absolute Gasteiger partial charge is 0.365 e. The fourth-order valence-corrected chi connectivity index (χ4v) is 6.41. The number of benzene rings is 1. The molecule has 2 N–H and O–H groups in total. The molecule has 1 atom stereocenters. The van der Waals surface area contributed by atoms with Crippen molar-refractivity contribution in [2.45, 2.75) is 31.7 Å². The number of methoxy groups -OCH3 is 2. The summed E-state index contributed by atoms with van der Waals surface area (Å²) in [6, 6.07) is 3.30. The summed E-state index contributed by atoms with van der Waals surface area (Å²) in [6.45, 7) is 4.73. The van der Waals surface area contributed by atoms with Gasteiger partial charge in [-0.3, -0.25) is 24.7 Å². The maximum absolute atomic E-state index is 13.1. The Bertz CT molecular complexity index is 1920. The highest BCUT2D eigenvalue weighted by molar-refractivity contribution is 7.14. The first-order valence-corrected chi connectivity index (χ1v) is 17.3. The number of rotatable bonds is 14. The van der Waals surface area contributed by atoms with Crippen molar-refractivity contribution >= 4 is 69.4 Å². The van der Waals surface area contributed by atoms with E-state index in [2.05, 4.69) is 36.9 Å². The third-order valence-corrected chi connectivity index (χ3v) is 9.06. The molecular weight excluding hydrogens is 703 g/mol. The Morgan fingerprint density at radius 3 is 2.59 bits per heavy atom. The van der Waals surface area contributed by atoms with Gasteiger partial charge >= 0.3 is 11.9 Å². The molecule has 18 heteroatoms. The molecule has 0 bridgehead atoms. The number of fused-ring (bicyclic) bond motifs is 2. The highest BCUT2D eigenvalue weighted by Gasteiger charge is 2.32. The Balaban J connectivity index is 1.10. The minimum atomic E-state index is -0.828. The molecule has 0 aliphatic carbocycles. The lowest BCUT2D eigenvalue weighted by molar-refractivity contribution is -0.120. The van der Waals surface area contributed by atoms with Gasteiger partial charge in [-0.1, -0.05) is 17.9 Å². The van der Waals surface area contributed by atoms with Crippen molar-refractivity contribution in [3.63, 3.8) is 0 Å². The van der Waals surface area contributed by atoms with E-state index < -0.39 is 17.8 Å². The number of allylic oxidation sites excluding steroid dienone is 1. The molecule has 0 saturated carbocycles. The van der Waals surface area contributed by atoms with E-state index in [1.165, 1.54) is 36.0 Å². The van der Waals surface area contributed by atoms with E-state index >= 15 is 0 Å². The molecule has 51 heavy (non-hydrogen) atoms. The predicted molar refractivity (Wildman–Crippen MR) is 188 cm³/mol. The van der Waals surface area contributed by atoms with Crippen LogP contribution in [-0.4, -0.2) is 103 Å². The highest BCUT2D eigenvalue weighted by atomic mass is 32.1. The zero-order valence-corrected chi connectivity index (χ0v) is 29.9. The molecule has 0 spiro atoms. The fraction of sp³-hybridized carbons (Fsp3) is 0.333. The molecule has 4 heterocycles. The fourth-order valence-electron chi connectivity index (χ4n) is 5.10. The minimum Gasteiger partial charge on any atom is -0.493 e. The second-order valence-electron chi connectivity index (χ2n) is 11.3. The molecule has 2 aliphatic heterocycles. The average Bonchev–Trinajstić information content (AvgIpc) is 3.87. The molecule has 0 radical (unpaired) electrons. The maximum atomic E-state index is 13.1. The Kier molecular flexibility index (Phi) is 11.8. The summed E-state index contributed by atoms with van der Waals surface area (Å²) in [6.07, 6.45) is 5.47. The van der Waals surface area contributed by atoms with Gasteiger partial charge in [-0.25, -0.2) is 14.6 Å². The number of hydrogen-bond donors (Lipinski definition) is 2. The van der Waals surface area contributed by atoms with Gasteiger partial charge in [0.05, 0.1) is 38.1 Å². The summed E-state index contributed by atoms with van der Waals surface area (Å²) >= 11 is 1.93. The number of thiazole rings is 2. The summed E-state index contributed by atoms with van der Waals surface area (Å²) in [4.78, 5) is 78.8. The Morgan fingerprint density at radius 1 is 1.08 bits per heavy atom. The number of aromatic nitrogens is 2. The number of aliphatic imine (C=N–C) groups is 1. The standard InChI is InChI=1S/C33H35N7O9S2/c1-18(12-24(39(2)3)28(42)38-32-36-23(16-50-32)31(45)49-33-37-22(17-51-33)30(44)47-5)35-27(41)9-7-11-48-26-14-21-20(13-25(26)46-4)29(43)40-10-6-8-19(40)15-34-21/h12-17,19H,1,6-11H2,2-5H3,(H,35,41)(H,36,38,42)/b24-12-. The second kappa shape index (κ2) is 16.4. The molecule has 3 aromatic rings. The van der Waals surface area contributed by atoms with E-state index in [0.29, 0.717) is 35.7 Å². The summed E-state index contributed by atoms with van der Waals surface area (Å²) in [5, 5.41) is 8.12. The summed E-state index contributed by atoms with van der Waals surface area (Å²) in [5.41, 5.74) is 1.21. The van der Waals surface area contributed by atoms with Crippen LogP contribution in [-0.2, 0) is 14.3 Å². The molecular formula is C33H35N7O9S2. The van der Waals surface area contributed by atoms with Crippen LogP contribution in [0.15, 0.2) is 51.9 Å². The summed E-state index contributed by atoms with van der Waals surface area (Å²) < 4.78 is 21.1. The van der Waals surface area contributed by atoms with Gasteiger partial charge in [0.2, 0.25) is 5.91 Å². The Hall–Kier alpha value is -5.62. The number of esters is 2. The number of nitrogens with one attached hydrogen (secondary N) is 2. The van der Waals surface area contributed by atoms with Crippen LogP contribution in [0, 0.1) is 0 Å². The van der Waals surface area contributed by atoms with Gasteiger partial charge in [-0.2, -0.15) is 4.98 Å². The topological polar surface area (TPSA) is 191 Å². The van der Waals surface area contributed by atoms with Crippen molar-refractivity contribution in [3.05, 3.63) is 63.9 Å². The Morgan fingerprint density at radius 2 is 1.84 bits per heavy atom. The third-order valence-electron chi connectivity index (χ3n) is 7.58. The van der Waals surface area contributed by atoms with Gasteiger partial charge in [0.1, 0.15) is 5.70 Å². The van der Waals surface area contributed by atoms with Gasteiger partial charge in [-0.05, 0) is 31.4 Å². The summed E-state index contributed by atoms with van der Waals surface area (Å²) in [5.74, 6) is -1.68. The maximum Gasteiger partial charge on any atom is 0.365 e. The summed E-state index contributed by atoms with van der Waals surface area (Å²) in [7, 11) is 5.98. The van der Waals surface area contributed by atoms with Crippen molar-refractivity contribution in [2.75, 3.05) is 46.8 Å². The van der Waals surface area contributed by atoms with Gasteiger partial charge in [0, 0.05) is 55.8 Å². The normalized spacial score (nSPS) is 14.9. The molecule has 2 aliphatic rings. The van der Waals surface area contributed by atoms with Crippen LogP contribution < -0.4 is 24.8 Å². The van der Waals surface area contributed by atoms with Crippen LogP contribution in [0.3, 0.4) is 0 Å². The van der Waals surface area contributed by atoms with Crippen LogP contribution >= 0.6 is 22.7 Å². The Labute approximate surface area is 300 Å². The molecule has 5 rings (SSSR count). The highest BCUT2D eigenvalue weighted by Crippen LogP contribution is 2.38. The van der Waals surface area contributed by atoms with Crippen LogP contribution in [0.5, 0.6) is 16.7 Å². The lowest BCUT2D eigenvalue weighted by Crippen LogP contribution is -2.35. The number of likely N-dealkylation sites (N-methyl/N-ethyl adjacent to an activating group) is 1. The average molecular weight is 738 g/mol. The van der Waals surface area contributed by atoms with Crippen LogP contribution in [0.25, 0.3) is 0 Å². The lowest BCUT2D eigenvalue weighted by atomic mass is 10.1. The van der Waals surface area contributed by atoms with Crippen molar-refractivity contribution in [1.82, 2.24) is 25.1 Å². The minimum absolute atomic E-state index is 0.0000655. The number of carbonyl (C=O) groups is 5. The number of ether oxygens (including phenoxy) is 4. The van der Waals surface area contributed by atoms with E-state index in [-0.39, 0.29) is 64.0 Å². The SMILES string of the molecule is C=C(/C=C(/C(=O)Nc1nc(C(=O)Oc2nc(C(=O)OC)cs2)cs1)N(C)C)NC(=O)CCCOc1cc2c(cc1OC)C(=O)N1CCCC1C=N2. The third kappa shape index (κ3) is 8.95. The number of carbonyl (C=O) groups excluding carboxylic acids is 5. The molecule has 1 saturated heterocycles. The molecule has 16 nitrogen and oxygen atoms in total. The zero-order valence-electron chi connectivity index (χ0n) is 28.2. The zero-order chi connectivity index (χ0) is 36.7. The first kappa shape index (κ1) is 36.7.